The molecule has 0 aliphatic rings. The van der Waals surface area contributed by atoms with E-state index in [0.717, 1.165) is 24.5 Å². The van der Waals surface area contributed by atoms with Crippen LogP contribution >= 0.6 is 0 Å². The Labute approximate surface area is 143 Å². The predicted octanol–water partition coefficient (Wildman–Crippen LogP) is 4.92. The molecule has 0 spiro atoms. The van der Waals surface area contributed by atoms with Crippen LogP contribution in [-0.4, -0.2) is 4.98 Å². The Kier molecular flexibility index (Phi) is 5.12. The van der Waals surface area contributed by atoms with E-state index in [1.807, 2.05) is 18.3 Å². The van der Waals surface area contributed by atoms with Crippen molar-refractivity contribution in [2.45, 2.75) is 26.9 Å². The summed E-state index contributed by atoms with van der Waals surface area (Å²) in [5.74, 6) is 0. The van der Waals surface area contributed by atoms with Crippen molar-refractivity contribution in [2.75, 3.05) is 10.6 Å². The van der Waals surface area contributed by atoms with E-state index in [0.29, 0.717) is 0 Å². The van der Waals surface area contributed by atoms with Gasteiger partial charge >= 0.3 is 0 Å². The summed E-state index contributed by atoms with van der Waals surface area (Å²) < 4.78 is 0. The van der Waals surface area contributed by atoms with E-state index in [9.17, 15) is 0 Å². The van der Waals surface area contributed by atoms with Crippen LogP contribution in [-0.2, 0) is 13.1 Å². The fourth-order valence-corrected chi connectivity index (χ4v) is 2.59. The molecule has 0 saturated carbocycles. The minimum absolute atomic E-state index is 0.732. The molecule has 0 atom stereocenters. The summed E-state index contributed by atoms with van der Waals surface area (Å²) in [6, 6.07) is 20.8. The molecule has 1 heterocycles. The Morgan fingerprint density at radius 3 is 1.83 bits per heavy atom. The summed E-state index contributed by atoms with van der Waals surface area (Å²) in [5, 5.41) is 6.89. The SMILES string of the molecule is Cc1ccccc1NCc1ccc(CNc2ccccc2C)nc1. The number of nitrogens with zero attached hydrogens (tertiary/aromatic N) is 1. The number of nitrogens with one attached hydrogen (secondary N) is 2. The first-order chi connectivity index (χ1) is 11.7. The highest BCUT2D eigenvalue weighted by molar-refractivity contribution is 5.51. The summed E-state index contributed by atoms with van der Waals surface area (Å²) in [4.78, 5) is 4.56. The van der Waals surface area contributed by atoms with Crippen LogP contribution in [0.2, 0.25) is 0 Å². The Balaban J connectivity index is 1.55. The van der Waals surface area contributed by atoms with Crippen LogP contribution in [0.3, 0.4) is 0 Å². The van der Waals surface area contributed by atoms with Gasteiger partial charge in [0, 0.05) is 24.1 Å². The highest BCUT2D eigenvalue weighted by Gasteiger charge is 2.00. The van der Waals surface area contributed by atoms with E-state index in [2.05, 4.69) is 78.0 Å². The van der Waals surface area contributed by atoms with Gasteiger partial charge in [0.25, 0.3) is 0 Å². The summed E-state index contributed by atoms with van der Waals surface area (Å²) in [5.41, 5.74) is 7.05. The molecule has 122 valence electrons. The van der Waals surface area contributed by atoms with Crippen molar-refractivity contribution in [2.24, 2.45) is 0 Å². The van der Waals surface area contributed by atoms with E-state index >= 15 is 0 Å². The molecule has 0 saturated heterocycles. The van der Waals surface area contributed by atoms with Gasteiger partial charge in [0.1, 0.15) is 0 Å². The largest absolute Gasteiger partial charge is 0.381 e. The Morgan fingerprint density at radius 1 is 0.708 bits per heavy atom. The Morgan fingerprint density at radius 2 is 1.29 bits per heavy atom. The first-order valence-corrected chi connectivity index (χ1v) is 8.25. The highest BCUT2D eigenvalue weighted by Crippen LogP contribution is 2.16. The highest BCUT2D eigenvalue weighted by atomic mass is 14.9. The van der Waals surface area contributed by atoms with Gasteiger partial charge in [-0.2, -0.15) is 0 Å². The molecular formula is C21H23N3. The van der Waals surface area contributed by atoms with Gasteiger partial charge in [0.2, 0.25) is 0 Å². The quantitative estimate of drug-likeness (QED) is 0.677. The number of aromatic nitrogens is 1. The maximum absolute atomic E-state index is 4.56. The molecule has 3 nitrogen and oxygen atoms in total. The average Bonchev–Trinajstić information content (AvgIpc) is 2.61. The third-order valence-electron chi connectivity index (χ3n) is 4.12. The van der Waals surface area contributed by atoms with E-state index in [4.69, 9.17) is 0 Å². The fourth-order valence-electron chi connectivity index (χ4n) is 2.59. The van der Waals surface area contributed by atoms with Gasteiger partial charge in [-0.25, -0.2) is 0 Å². The zero-order chi connectivity index (χ0) is 16.8. The summed E-state index contributed by atoms with van der Waals surface area (Å²) in [6.07, 6.45) is 1.94. The van der Waals surface area contributed by atoms with Crippen LogP contribution < -0.4 is 10.6 Å². The lowest BCUT2D eigenvalue weighted by molar-refractivity contribution is 1.01. The van der Waals surface area contributed by atoms with Crippen molar-refractivity contribution >= 4 is 11.4 Å². The molecule has 2 aromatic carbocycles. The number of rotatable bonds is 6. The number of benzene rings is 2. The van der Waals surface area contributed by atoms with Crippen LogP contribution in [0.4, 0.5) is 11.4 Å². The van der Waals surface area contributed by atoms with Crippen molar-refractivity contribution in [3.8, 4) is 0 Å². The molecule has 0 aliphatic heterocycles. The summed E-state index contributed by atoms with van der Waals surface area (Å²) in [7, 11) is 0. The molecule has 0 amide bonds. The zero-order valence-electron chi connectivity index (χ0n) is 14.2. The second-order valence-corrected chi connectivity index (χ2v) is 5.99. The fraction of sp³-hybridized carbons (Fsp3) is 0.190. The van der Waals surface area contributed by atoms with Gasteiger partial charge in [-0.1, -0.05) is 42.5 Å². The van der Waals surface area contributed by atoms with E-state index in [1.54, 1.807) is 0 Å². The van der Waals surface area contributed by atoms with Crippen molar-refractivity contribution in [3.05, 3.63) is 89.2 Å². The predicted molar refractivity (Wildman–Crippen MR) is 101 cm³/mol. The van der Waals surface area contributed by atoms with Crippen molar-refractivity contribution in [1.82, 2.24) is 4.98 Å². The van der Waals surface area contributed by atoms with Gasteiger partial charge < -0.3 is 10.6 Å². The van der Waals surface area contributed by atoms with E-state index < -0.39 is 0 Å². The average molecular weight is 317 g/mol. The van der Waals surface area contributed by atoms with E-state index in [1.165, 1.54) is 22.4 Å². The lowest BCUT2D eigenvalue weighted by Gasteiger charge is -2.11. The second kappa shape index (κ2) is 7.64. The van der Waals surface area contributed by atoms with Crippen LogP contribution in [0.15, 0.2) is 66.9 Å². The molecule has 3 rings (SSSR count). The molecule has 0 radical (unpaired) electrons. The molecule has 2 N–H and O–H groups in total. The third kappa shape index (κ3) is 4.13. The van der Waals surface area contributed by atoms with Gasteiger partial charge in [0.05, 0.1) is 12.2 Å². The Hall–Kier alpha value is -2.81. The van der Waals surface area contributed by atoms with Crippen LogP contribution in [0, 0.1) is 13.8 Å². The minimum Gasteiger partial charge on any atom is -0.381 e. The smallest absolute Gasteiger partial charge is 0.0594 e. The molecular weight excluding hydrogens is 294 g/mol. The maximum atomic E-state index is 4.56. The topological polar surface area (TPSA) is 37.0 Å². The molecule has 0 bridgehead atoms. The number of anilines is 2. The monoisotopic (exact) mass is 317 g/mol. The first kappa shape index (κ1) is 16.1. The Bertz CT molecular complexity index is 726. The maximum Gasteiger partial charge on any atom is 0.0594 e. The van der Waals surface area contributed by atoms with Crippen molar-refractivity contribution < 1.29 is 0 Å². The first-order valence-electron chi connectivity index (χ1n) is 8.25. The molecule has 1 aromatic heterocycles. The molecule has 24 heavy (non-hydrogen) atoms. The summed E-state index contributed by atoms with van der Waals surface area (Å²) >= 11 is 0. The van der Waals surface area contributed by atoms with Gasteiger partial charge in [-0.15, -0.1) is 0 Å². The number of hydrogen-bond donors (Lipinski definition) is 2. The molecule has 0 fully saturated rings. The van der Waals surface area contributed by atoms with Crippen LogP contribution in [0.1, 0.15) is 22.4 Å². The van der Waals surface area contributed by atoms with Gasteiger partial charge in [-0.05, 0) is 48.7 Å². The molecule has 3 heteroatoms. The van der Waals surface area contributed by atoms with Crippen LogP contribution in [0.5, 0.6) is 0 Å². The summed E-state index contributed by atoms with van der Waals surface area (Å²) in [6.45, 7) is 5.73. The van der Waals surface area contributed by atoms with E-state index in [-0.39, 0.29) is 0 Å². The molecule has 0 unspecified atom stereocenters. The van der Waals surface area contributed by atoms with Crippen molar-refractivity contribution in [1.29, 1.82) is 0 Å². The number of hydrogen-bond acceptors (Lipinski definition) is 3. The molecule has 0 aliphatic carbocycles. The zero-order valence-corrected chi connectivity index (χ0v) is 14.2. The third-order valence-corrected chi connectivity index (χ3v) is 4.12. The van der Waals surface area contributed by atoms with Crippen LogP contribution in [0.25, 0.3) is 0 Å². The van der Waals surface area contributed by atoms with Gasteiger partial charge in [-0.3, -0.25) is 4.98 Å². The minimum atomic E-state index is 0.732. The normalized spacial score (nSPS) is 10.4. The second-order valence-electron chi connectivity index (χ2n) is 5.99. The number of aryl methyl sites for hydroxylation is 2. The standard InChI is InChI=1S/C21H23N3/c1-16-7-3-5-9-20(16)23-14-18-11-12-19(22-13-18)15-24-21-10-6-4-8-17(21)2/h3-13,23-24H,14-15H2,1-2H3. The lowest BCUT2D eigenvalue weighted by Crippen LogP contribution is -2.05. The lowest BCUT2D eigenvalue weighted by atomic mass is 10.2. The number of pyridine rings is 1. The van der Waals surface area contributed by atoms with Gasteiger partial charge in [0.15, 0.2) is 0 Å². The molecule has 3 aromatic rings. The van der Waals surface area contributed by atoms with Crippen molar-refractivity contribution in [3.63, 3.8) is 0 Å². The number of para-hydroxylation sites is 2.